The minimum Gasteiger partial charge on any atom is -0.508 e. The third-order valence-electron chi connectivity index (χ3n) is 2.02. The van der Waals surface area contributed by atoms with Gasteiger partial charge in [-0.25, -0.2) is 4.79 Å². The van der Waals surface area contributed by atoms with Gasteiger partial charge in [-0.15, -0.1) is 0 Å². The first-order valence-electron chi connectivity index (χ1n) is 4.29. The number of hydrogen-bond donors (Lipinski definition) is 2. The zero-order valence-electron chi connectivity index (χ0n) is 7.68. The molecule has 76 valence electrons. The van der Waals surface area contributed by atoms with Crippen molar-refractivity contribution in [2.45, 2.75) is 0 Å². The highest BCUT2D eigenvalue weighted by atomic mass is 16.7. The van der Waals surface area contributed by atoms with Crippen molar-refractivity contribution >= 4 is 16.9 Å². The monoisotopic (exact) mass is 204 g/mol. The lowest BCUT2D eigenvalue weighted by Crippen LogP contribution is -2.03. The van der Waals surface area contributed by atoms with E-state index in [1.165, 1.54) is 6.07 Å². The highest BCUT2D eigenvalue weighted by molar-refractivity contribution is 5.90. The van der Waals surface area contributed by atoms with Gasteiger partial charge in [0.25, 0.3) is 0 Å². The van der Waals surface area contributed by atoms with E-state index in [2.05, 4.69) is 4.74 Å². The molecule has 0 aliphatic carbocycles. The molecular formula is C11H8O4. The highest BCUT2D eigenvalue weighted by Crippen LogP contribution is 2.28. The average molecular weight is 204 g/mol. The van der Waals surface area contributed by atoms with Crippen molar-refractivity contribution in [3.05, 3.63) is 36.4 Å². The predicted molar refractivity (Wildman–Crippen MR) is 54.3 cm³/mol. The SMILES string of the molecule is O=C(O)Oc1cccc2cc(O)ccc12. The highest BCUT2D eigenvalue weighted by Gasteiger charge is 2.05. The molecule has 4 heteroatoms. The fourth-order valence-electron chi connectivity index (χ4n) is 1.42. The van der Waals surface area contributed by atoms with Gasteiger partial charge in [-0.2, -0.15) is 0 Å². The van der Waals surface area contributed by atoms with Gasteiger partial charge in [0.15, 0.2) is 0 Å². The maximum absolute atomic E-state index is 10.4. The van der Waals surface area contributed by atoms with Crippen molar-refractivity contribution in [3.63, 3.8) is 0 Å². The van der Waals surface area contributed by atoms with Crippen molar-refractivity contribution in [2.75, 3.05) is 0 Å². The van der Waals surface area contributed by atoms with Gasteiger partial charge in [0.2, 0.25) is 0 Å². The van der Waals surface area contributed by atoms with Crippen LogP contribution in [0.4, 0.5) is 4.79 Å². The molecule has 0 saturated heterocycles. The Labute approximate surface area is 85.3 Å². The first kappa shape index (κ1) is 9.33. The van der Waals surface area contributed by atoms with Gasteiger partial charge in [-0.05, 0) is 29.7 Å². The Morgan fingerprint density at radius 3 is 2.73 bits per heavy atom. The molecule has 0 atom stereocenters. The molecular weight excluding hydrogens is 196 g/mol. The van der Waals surface area contributed by atoms with E-state index in [4.69, 9.17) is 5.11 Å². The number of aromatic hydroxyl groups is 1. The molecule has 15 heavy (non-hydrogen) atoms. The molecule has 0 amide bonds. The summed E-state index contributed by atoms with van der Waals surface area (Å²) in [5.74, 6) is 0.398. The summed E-state index contributed by atoms with van der Waals surface area (Å²) in [4.78, 5) is 10.4. The molecule has 0 bridgehead atoms. The summed E-state index contributed by atoms with van der Waals surface area (Å²) in [5.41, 5.74) is 0. The number of ether oxygens (including phenoxy) is 1. The Morgan fingerprint density at radius 1 is 1.20 bits per heavy atom. The van der Waals surface area contributed by atoms with Crippen LogP contribution in [0.3, 0.4) is 0 Å². The van der Waals surface area contributed by atoms with Crippen LogP contribution in [0, 0.1) is 0 Å². The molecule has 0 unspecified atom stereocenters. The summed E-state index contributed by atoms with van der Waals surface area (Å²) in [5, 5.41) is 19.1. The van der Waals surface area contributed by atoms with Gasteiger partial charge in [-0.1, -0.05) is 12.1 Å². The number of rotatable bonds is 1. The molecule has 2 aromatic rings. The van der Waals surface area contributed by atoms with Gasteiger partial charge in [0.05, 0.1) is 0 Å². The van der Waals surface area contributed by atoms with Crippen molar-refractivity contribution in [1.82, 2.24) is 0 Å². The van der Waals surface area contributed by atoms with Gasteiger partial charge in [0.1, 0.15) is 11.5 Å². The van der Waals surface area contributed by atoms with Crippen LogP contribution >= 0.6 is 0 Å². The number of carboxylic acid groups (broad SMARTS) is 1. The van der Waals surface area contributed by atoms with Crippen LogP contribution < -0.4 is 4.74 Å². The predicted octanol–water partition coefficient (Wildman–Crippen LogP) is 2.60. The van der Waals surface area contributed by atoms with Crippen LogP contribution in [0.1, 0.15) is 0 Å². The summed E-state index contributed by atoms with van der Waals surface area (Å²) >= 11 is 0. The normalized spacial score (nSPS) is 10.1. The summed E-state index contributed by atoms with van der Waals surface area (Å²) in [6.45, 7) is 0. The minimum atomic E-state index is -1.35. The van der Waals surface area contributed by atoms with Crippen molar-refractivity contribution in [1.29, 1.82) is 0 Å². The molecule has 0 aliphatic heterocycles. The zero-order valence-corrected chi connectivity index (χ0v) is 7.68. The molecule has 0 aromatic heterocycles. The number of benzene rings is 2. The Morgan fingerprint density at radius 2 is 2.00 bits per heavy atom. The van der Waals surface area contributed by atoms with Gasteiger partial charge < -0.3 is 14.9 Å². The second-order valence-electron chi connectivity index (χ2n) is 3.03. The quantitative estimate of drug-likeness (QED) is 0.553. The minimum absolute atomic E-state index is 0.134. The number of carbonyl (C=O) groups is 1. The van der Waals surface area contributed by atoms with E-state index in [9.17, 15) is 9.90 Å². The second-order valence-corrected chi connectivity index (χ2v) is 3.03. The Balaban J connectivity index is 2.60. The van der Waals surface area contributed by atoms with Crippen LogP contribution in [-0.2, 0) is 0 Å². The lowest BCUT2D eigenvalue weighted by atomic mass is 10.1. The third kappa shape index (κ3) is 1.83. The summed E-state index contributed by atoms with van der Waals surface area (Å²) in [6, 6.07) is 9.64. The zero-order chi connectivity index (χ0) is 10.8. The van der Waals surface area contributed by atoms with Crippen LogP contribution in [0.15, 0.2) is 36.4 Å². The molecule has 2 rings (SSSR count). The number of fused-ring (bicyclic) bond motifs is 1. The number of phenolic OH excluding ortho intramolecular Hbond substituents is 1. The Bertz CT molecular complexity index is 519. The Hall–Kier alpha value is -2.23. The van der Waals surface area contributed by atoms with E-state index in [0.717, 1.165) is 5.39 Å². The van der Waals surface area contributed by atoms with E-state index in [0.29, 0.717) is 5.39 Å². The molecule has 2 aromatic carbocycles. The largest absolute Gasteiger partial charge is 0.511 e. The molecule has 2 N–H and O–H groups in total. The van der Waals surface area contributed by atoms with Crippen LogP contribution in [0.5, 0.6) is 11.5 Å². The number of phenols is 1. The molecule has 0 heterocycles. The lowest BCUT2D eigenvalue weighted by molar-refractivity contribution is 0.145. The fraction of sp³-hybridized carbons (Fsp3) is 0. The molecule has 0 saturated carbocycles. The van der Waals surface area contributed by atoms with Crippen molar-refractivity contribution < 1.29 is 19.7 Å². The molecule has 0 fully saturated rings. The first-order chi connectivity index (χ1) is 7.16. The summed E-state index contributed by atoms with van der Waals surface area (Å²) in [6.07, 6.45) is -1.35. The molecule has 0 spiro atoms. The first-order valence-corrected chi connectivity index (χ1v) is 4.29. The van der Waals surface area contributed by atoms with E-state index >= 15 is 0 Å². The van der Waals surface area contributed by atoms with E-state index in [1.807, 2.05) is 0 Å². The summed E-state index contributed by atoms with van der Waals surface area (Å²) in [7, 11) is 0. The number of hydrogen-bond acceptors (Lipinski definition) is 3. The lowest BCUT2D eigenvalue weighted by Gasteiger charge is -2.04. The van der Waals surface area contributed by atoms with Gasteiger partial charge in [0, 0.05) is 5.39 Å². The third-order valence-corrected chi connectivity index (χ3v) is 2.02. The van der Waals surface area contributed by atoms with Crippen LogP contribution in [0.25, 0.3) is 10.8 Å². The van der Waals surface area contributed by atoms with Gasteiger partial charge >= 0.3 is 6.16 Å². The van der Waals surface area contributed by atoms with Crippen LogP contribution in [0.2, 0.25) is 0 Å². The van der Waals surface area contributed by atoms with Crippen molar-refractivity contribution in [2.24, 2.45) is 0 Å². The van der Waals surface area contributed by atoms with Crippen LogP contribution in [-0.4, -0.2) is 16.4 Å². The van der Waals surface area contributed by atoms with E-state index in [1.54, 1.807) is 30.3 Å². The molecule has 4 nitrogen and oxygen atoms in total. The maximum atomic E-state index is 10.4. The molecule has 0 radical (unpaired) electrons. The van der Waals surface area contributed by atoms with E-state index in [-0.39, 0.29) is 11.5 Å². The summed E-state index contributed by atoms with van der Waals surface area (Å²) < 4.78 is 4.60. The Kier molecular flexibility index (Phi) is 2.17. The average Bonchev–Trinajstić information content (AvgIpc) is 2.16. The topological polar surface area (TPSA) is 66.8 Å². The van der Waals surface area contributed by atoms with Crippen molar-refractivity contribution in [3.8, 4) is 11.5 Å². The second kappa shape index (κ2) is 3.49. The molecule has 0 aliphatic rings. The fourth-order valence-corrected chi connectivity index (χ4v) is 1.42. The van der Waals surface area contributed by atoms with Gasteiger partial charge in [-0.3, -0.25) is 0 Å². The van der Waals surface area contributed by atoms with E-state index < -0.39 is 6.16 Å². The maximum Gasteiger partial charge on any atom is 0.511 e. The smallest absolute Gasteiger partial charge is 0.508 e. The standard InChI is InChI=1S/C11H8O4/c12-8-4-5-9-7(6-8)2-1-3-10(9)15-11(13)14/h1-6,12H,(H,13,14).